The molecule has 0 radical (unpaired) electrons. The Balaban J connectivity index is 2.37. The maximum Gasteiger partial charge on any atom is 0.244 e. The van der Waals surface area contributed by atoms with Gasteiger partial charge in [-0.2, -0.15) is 4.31 Å². The molecule has 1 aromatic rings. The quantitative estimate of drug-likeness (QED) is 0.824. The number of benzene rings is 1. The molecule has 5 nitrogen and oxygen atoms in total. The SMILES string of the molecule is Cc1ccc(S(=O)(=O)N2C[C@@H](O)[C@@H](O)C2)c(Br)c1. The smallest absolute Gasteiger partial charge is 0.244 e. The summed E-state index contributed by atoms with van der Waals surface area (Å²) in [7, 11) is -3.69. The summed E-state index contributed by atoms with van der Waals surface area (Å²) in [6.45, 7) is 1.71. The van der Waals surface area contributed by atoms with E-state index in [1.807, 2.05) is 6.92 Å². The van der Waals surface area contributed by atoms with E-state index in [0.717, 1.165) is 9.87 Å². The highest BCUT2D eigenvalue weighted by molar-refractivity contribution is 9.10. The minimum atomic E-state index is -3.69. The molecule has 1 aliphatic heterocycles. The van der Waals surface area contributed by atoms with Gasteiger partial charge in [0.25, 0.3) is 0 Å². The summed E-state index contributed by atoms with van der Waals surface area (Å²) in [5.41, 5.74) is 0.947. The van der Waals surface area contributed by atoms with Crippen molar-refractivity contribution >= 4 is 26.0 Å². The molecule has 1 aromatic carbocycles. The highest BCUT2D eigenvalue weighted by Crippen LogP contribution is 2.28. The summed E-state index contributed by atoms with van der Waals surface area (Å²) in [5.74, 6) is 0. The Labute approximate surface area is 114 Å². The summed E-state index contributed by atoms with van der Waals surface area (Å²) in [6, 6.07) is 4.95. The molecule has 0 unspecified atom stereocenters. The van der Waals surface area contributed by atoms with Gasteiger partial charge in [-0.1, -0.05) is 6.07 Å². The largest absolute Gasteiger partial charge is 0.389 e. The van der Waals surface area contributed by atoms with Crippen LogP contribution in [0.3, 0.4) is 0 Å². The third-order valence-electron chi connectivity index (χ3n) is 2.93. The van der Waals surface area contributed by atoms with Gasteiger partial charge < -0.3 is 10.2 Å². The second kappa shape index (κ2) is 4.90. The molecule has 0 spiro atoms. The van der Waals surface area contributed by atoms with Gasteiger partial charge in [0.05, 0.1) is 17.1 Å². The summed E-state index contributed by atoms with van der Waals surface area (Å²) in [5, 5.41) is 18.8. The van der Waals surface area contributed by atoms with Crippen molar-refractivity contribution in [2.24, 2.45) is 0 Å². The van der Waals surface area contributed by atoms with Gasteiger partial charge in [-0.25, -0.2) is 8.42 Å². The lowest BCUT2D eigenvalue weighted by Gasteiger charge is -2.16. The fourth-order valence-corrected chi connectivity index (χ4v) is 4.51. The van der Waals surface area contributed by atoms with Crippen molar-refractivity contribution in [3.63, 3.8) is 0 Å². The highest BCUT2D eigenvalue weighted by atomic mass is 79.9. The molecule has 1 saturated heterocycles. The van der Waals surface area contributed by atoms with E-state index in [1.54, 1.807) is 12.1 Å². The zero-order valence-electron chi connectivity index (χ0n) is 9.75. The van der Waals surface area contributed by atoms with Crippen molar-refractivity contribution in [2.45, 2.75) is 24.0 Å². The van der Waals surface area contributed by atoms with Crippen LogP contribution in [0.15, 0.2) is 27.6 Å². The van der Waals surface area contributed by atoms with Crippen molar-refractivity contribution in [1.29, 1.82) is 0 Å². The number of aliphatic hydroxyl groups excluding tert-OH is 2. The Morgan fingerprint density at radius 2 is 1.83 bits per heavy atom. The first-order valence-electron chi connectivity index (χ1n) is 5.45. The molecule has 18 heavy (non-hydrogen) atoms. The second-order valence-electron chi connectivity index (χ2n) is 4.39. The van der Waals surface area contributed by atoms with Crippen molar-refractivity contribution in [3.05, 3.63) is 28.2 Å². The molecule has 1 heterocycles. The zero-order valence-corrected chi connectivity index (χ0v) is 12.1. The number of rotatable bonds is 2. The van der Waals surface area contributed by atoms with Gasteiger partial charge in [0.15, 0.2) is 0 Å². The third kappa shape index (κ3) is 2.46. The van der Waals surface area contributed by atoms with Crippen molar-refractivity contribution in [1.82, 2.24) is 4.31 Å². The van der Waals surface area contributed by atoms with E-state index in [1.165, 1.54) is 6.07 Å². The van der Waals surface area contributed by atoms with Crippen LogP contribution >= 0.6 is 15.9 Å². The maximum absolute atomic E-state index is 12.3. The van der Waals surface area contributed by atoms with E-state index in [9.17, 15) is 18.6 Å². The van der Waals surface area contributed by atoms with Gasteiger partial charge in [-0.3, -0.25) is 0 Å². The zero-order chi connectivity index (χ0) is 13.5. The summed E-state index contributed by atoms with van der Waals surface area (Å²) in [4.78, 5) is 0.148. The number of aryl methyl sites for hydroxylation is 1. The number of aliphatic hydroxyl groups is 2. The molecule has 2 rings (SSSR count). The van der Waals surface area contributed by atoms with Crippen molar-refractivity contribution in [2.75, 3.05) is 13.1 Å². The Hall–Kier alpha value is -0.470. The molecule has 2 N–H and O–H groups in total. The molecule has 0 amide bonds. The van der Waals surface area contributed by atoms with Gasteiger partial charge in [0.1, 0.15) is 0 Å². The Morgan fingerprint density at radius 1 is 1.28 bits per heavy atom. The van der Waals surface area contributed by atoms with E-state index < -0.39 is 22.2 Å². The molecule has 100 valence electrons. The molecule has 0 aromatic heterocycles. The van der Waals surface area contributed by atoms with Crippen LogP contribution in [0.2, 0.25) is 0 Å². The number of halogens is 1. The van der Waals surface area contributed by atoms with Crippen molar-refractivity contribution < 1.29 is 18.6 Å². The molecule has 1 aliphatic rings. The monoisotopic (exact) mass is 335 g/mol. The van der Waals surface area contributed by atoms with E-state index in [0.29, 0.717) is 4.47 Å². The number of β-amino-alcohol motifs (C(OH)–C–C–N with tert-alkyl or cyclic N) is 2. The lowest BCUT2D eigenvalue weighted by molar-refractivity contribution is 0.0572. The minimum absolute atomic E-state index is 0.0795. The normalized spacial score (nSPS) is 25.6. The second-order valence-corrected chi connectivity index (χ2v) is 7.15. The average Bonchev–Trinajstić information content (AvgIpc) is 2.59. The number of hydrogen-bond acceptors (Lipinski definition) is 4. The fourth-order valence-electron chi connectivity index (χ4n) is 1.89. The Morgan fingerprint density at radius 3 is 2.33 bits per heavy atom. The van der Waals surface area contributed by atoms with Crippen molar-refractivity contribution in [3.8, 4) is 0 Å². The lowest BCUT2D eigenvalue weighted by atomic mass is 10.2. The maximum atomic E-state index is 12.3. The van der Waals surface area contributed by atoms with Crippen LogP contribution in [0.1, 0.15) is 5.56 Å². The standard InChI is InChI=1S/C11H14BrNO4S/c1-7-2-3-11(8(12)4-7)18(16,17)13-5-9(14)10(15)6-13/h2-4,9-10,14-15H,5-6H2,1H3/t9-,10+. The van der Waals surface area contributed by atoms with Crippen LogP contribution in [0.5, 0.6) is 0 Å². The molecule has 7 heteroatoms. The van der Waals surface area contributed by atoms with Crippen LogP contribution in [0.25, 0.3) is 0 Å². The van der Waals surface area contributed by atoms with Gasteiger partial charge >= 0.3 is 0 Å². The van der Waals surface area contributed by atoms with Crippen LogP contribution < -0.4 is 0 Å². The lowest BCUT2D eigenvalue weighted by Crippen LogP contribution is -2.30. The molecule has 2 atom stereocenters. The van der Waals surface area contributed by atoms with Gasteiger partial charge in [-0.15, -0.1) is 0 Å². The Kier molecular flexibility index (Phi) is 3.80. The van der Waals surface area contributed by atoms with Crippen LogP contribution in [0, 0.1) is 6.92 Å². The van der Waals surface area contributed by atoms with Crippen LogP contribution in [0.4, 0.5) is 0 Å². The predicted molar refractivity (Wildman–Crippen MR) is 69.7 cm³/mol. The first-order chi connectivity index (χ1) is 8.32. The third-order valence-corrected chi connectivity index (χ3v) is 5.74. The number of hydrogen-bond donors (Lipinski definition) is 2. The first kappa shape index (κ1) is 14.0. The van der Waals surface area contributed by atoms with E-state index in [2.05, 4.69) is 15.9 Å². The van der Waals surface area contributed by atoms with Gasteiger partial charge in [0.2, 0.25) is 10.0 Å². The number of sulfonamides is 1. The summed E-state index contributed by atoms with van der Waals surface area (Å²) >= 11 is 3.23. The number of nitrogens with zero attached hydrogens (tertiary/aromatic N) is 1. The fraction of sp³-hybridized carbons (Fsp3) is 0.455. The molecule has 0 bridgehead atoms. The van der Waals surface area contributed by atoms with Gasteiger partial charge in [-0.05, 0) is 40.5 Å². The summed E-state index contributed by atoms with van der Waals surface area (Å²) in [6.07, 6.45) is -2.05. The molecular weight excluding hydrogens is 322 g/mol. The molecular formula is C11H14BrNO4S. The average molecular weight is 336 g/mol. The van der Waals surface area contributed by atoms with Gasteiger partial charge in [0, 0.05) is 17.6 Å². The highest BCUT2D eigenvalue weighted by Gasteiger charge is 2.38. The molecule has 1 fully saturated rings. The van der Waals surface area contributed by atoms with E-state index >= 15 is 0 Å². The topological polar surface area (TPSA) is 77.8 Å². The minimum Gasteiger partial charge on any atom is -0.389 e. The molecule has 0 aliphatic carbocycles. The predicted octanol–water partition coefficient (Wildman–Crippen LogP) is 0.484. The van der Waals surface area contributed by atoms with Crippen LogP contribution in [-0.2, 0) is 10.0 Å². The first-order valence-corrected chi connectivity index (χ1v) is 7.68. The van der Waals surface area contributed by atoms with E-state index in [-0.39, 0.29) is 18.0 Å². The Bertz CT molecular complexity index is 550. The van der Waals surface area contributed by atoms with Crippen LogP contribution in [-0.4, -0.2) is 48.2 Å². The van der Waals surface area contributed by atoms with E-state index in [4.69, 9.17) is 0 Å². The molecule has 0 saturated carbocycles. The summed E-state index contributed by atoms with van der Waals surface area (Å²) < 4.78 is 26.2.